The maximum atomic E-state index is 14.0. The zero-order valence-electron chi connectivity index (χ0n) is 12.6. The molecule has 1 aromatic heterocycles. The molecular weight excluding hydrogens is 365 g/mol. The van der Waals surface area contributed by atoms with E-state index in [1.807, 2.05) is 12.1 Å². The number of ether oxygens (including phenoxy) is 2. The standard InChI is InChI=1S/C18H14F2O2Se/c1-21-17-5-3-11(7-15(17)19)13-9-23-10-14(13)12-4-6-18(22-2)16(20)8-12/h3-10H,1-2H3. The van der Waals surface area contributed by atoms with E-state index in [4.69, 9.17) is 9.47 Å². The second-order valence-electron chi connectivity index (χ2n) is 4.90. The first kappa shape index (κ1) is 15.8. The summed E-state index contributed by atoms with van der Waals surface area (Å²) in [6.07, 6.45) is 0. The molecule has 118 valence electrons. The molecule has 0 saturated heterocycles. The van der Waals surface area contributed by atoms with Gasteiger partial charge in [0.2, 0.25) is 0 Å². The van der Waals surface area contributed by atoms with Crippen molar-refractivity contribution < 1.29 is 18.3 Å². The van der Waals surface area contributed by atoms with Gasteiger partial charge in [0.25, 0.3) is 0 Å². The van der Waals surface area contributed by atoms with E-state index in [-0.39, 0.29) is 26.0 Å². The molecule has 3 rings (SSSR count). The van der Waals surface area contributed by atoms with Gasteiger partial charge in [-0.1, -0.05) is 0 Å². The van der Waals surface area contributed by atoms with Crippen LogP contribution in [0.15, 0.2) is 46.3 Å². The van der Waals surface area contributed by atoms with Crippen LogP contribution in [0.5, 0.6) is 11.5 Å². The average Bonchev–Trinajstić information content (AvgIpc) is 3.04. The first-order valence-corrected chi connectivity index (χ1v) is 8.86. The molecule has 0 aliphatic carbocycles. The molecule has 0 aliphatic heterocycles. The van der Waals surface area contributed by atoms with Gasteiger partial charge in [-0.05, 0) is 0 Å². The van der Waals surface area contributed by atoms with Gasteiger partial charge in [0, 0.05) is 0 Å². The molecule has 0 aliphatic rings. The third-order valence-corrected chi connectivity index (χ3v) is 5.15. The van der Waals surface area contributed by atoms with Crippen molar-refractivity contribution in [1.82, 2.24) is 0 Å². The van der Waals surface area contributed by atoms with Crippen molar-refractivity contribution in [1.29, 1.82) is 0 Å². The first-order valence-electron chi connectivity index (χ1n) is 6.88. The molecule has 0 spiro atoms. The summed E-state index contributed by atoms with van der Waals surface area (Å²) < 4.78 is 37.8. The average molecular weight is 379 g/mol. The van der Waals surface area contributed by atoms with E-state index < -0.39 is 11.6 Å². The fraction of sp³-hybridized carbons (Fsp3) is 0.111. The third-order valence-electron chi connectivity index (χ3n) is 3.59. The number of halogens is 2. The fourth-order valence-corrected chi connectivity index (χ4v) is 4.23. The van der Waals surface area contributed by atoms with Gasteiger partial charge in [-0.2, -0.15) is 0 Å². The number of methoxy groups -OCH3 is 2. The topological polar surface area (TPSA) is 18.5 Å². The van der Waals surface area contributed by atoms with Crippen molar-refractivity contribution in [3.05, 3.63) is 57.9 Å². The van der Waals surface area contributed by atoms with Crippen molar-refractivity contribution in [3.63, 3.8) is 0 Å². The predicted octanol–water partition coefficient (Wildman–Crippen LogP) is 4.37. The van der Waals surface area contributed by atoms with Gasteiger partial charge in [0.15, 0.2) is 0 Å². The fourth-order valence-electron chi connectivity index (χ4n) is 2.41. The second-order valence-corrected chi connectivity index (χ2v) is 6.46. The van der Waals surface area contributed by atoms with E-state index in [0.29, 0.717) is 0 Å². The summed E-state index contributed by atoms with van der Waals surface area (Å²) >= 11 is 0.164. The zero-order valence-corrected chi connectivity index (χ0v) is 14.3. The number of hydrogen-bond acceptors (Lipinski definition) is 2. The van der Waals surface area contributed by atoms with E-state index in [1.54, 1.807) is 12.1 Å². The van der Waals surface area contributed by atoms with E-state index in [9.17, 15) is 8.78 Å². The van der Waals surface area contributed by atoms with Crippen molar-refractivity contribution in [2.45, 2.75) is 0 Å². The molecule has 5 heteroatoms. The summed E-state index contributed by atoms with van der Waals surface area (Å²) in [6.45, 7) is 0. The van der Waals surface area contributed by atoms with Crippen LogP contribution in [0.25, 0.3) is 22.3 Å². The Bertz CT molecular complexity index is 775. The molecule has 0 N–H and O–H groups in total. The molecule has 1 heterocycles. The summed E-state index contributed by atoms with van der Waals surface area (Å²) in [7, 11) is 2.86. The molecule has 0 saturated carbocycles. The maximum absolute atomic E-state index is 14.0. The predicted molar refractivity (Wildman–Crippen MR) is 87.3 cm³/mol. The Morgan fingerprint density at radius 1 is 0.739 bits per heavy atom. The monoisotopic (exact) mass is 380 g/mol. The molecule has 0 fully saturated rings. The van der Waals surface area contributed by atoms with Crippen LogP contribution >= 0.6 is 0 Å². The Morgan fingerprint density at radius 2 is 1.17 bits per heavy atom. The quantitative estimate of drug-likeness (QED) is 0.627. The molecule has 0 amide bonds. The van der Waals surface area contributed by atoms with Crippen molar-refractivity contribution in [3.8, 4) is 33.8 Å². The molecule has 2 aromatic carbocycles. The van der Waals surface area contributed by atoms with Crippen LogP contribution in [0.3, 0.4) is 0 Å². The van der Waals surface area contributed by atoms with Crippen molar-refractivity contribution in [2.24, 2.45) is 0 Å². The number of rotatable bonds is 4. The Labute approximate surface area is 139 Å². The second kappa shape index (κ2) is 6.57. The molecule has 0 atom stereocenters. The number of hydrogen-bond donors (Lipinski definition) is 0. The Hall–Kier alpha value is -2.10. The first-order chi connectivity index (χ1) is 11.1. The minimum atomic E-state index is -0.412. The van der Waals surface area contributed by atoms with Gasteiger partial charge in [-0.25, -0.2) is 0 Å². The Balaban J connectivity index is 2.06. The van der Waals surface area contributed by atoms with Crippen molar-refractivity contribution >= 4 is 14.5 Å². The van der Waals surface area contributed by atoms with Crippen LogP contribution in [0, 0.1) is 11.6 Å². The van der Waals surface area contributed by atoms with Crippen LogP contribution < -0.4 is 9.47 Å². The van der Waals surface area contributed by atoms with E-state index >= 15 is 0 Å². The molecule has 0 unspecified atom stereocenters. The van der Waals surface area contributed by atoms with Crippen LogP contribution in [-0.4, -0.2) is 28.7 Å². The van der Waals surface area contributed by atoms with Crippen LogP contribution in [-0.2, 0) is 0 Å². The minimum absolute atomic E-state index is 0.164. The molecule has 23 heavy (non-hydrogen) atoms. The molecule has 0 radical (unpaired) electrons. The molecular formula is C18H14F2O2Se. The number of benzene rings is 2. The zero-order chi connectivity index (χ0) is 16.4. The molecule has 2 nitrogen and oxygen atoms in total. The van der Waals surface area contributed by atoms with Gasteiger partial charge in [-0.3, -0.25) is 0 Å². The van der Waals surface area contributed by atoms with Gasteiger partial charge in [0.05, 0.1) is 0 Å². The van der Waals surface area contributed by atoms with E-state index in [2.05, 4.69) is 9.88 Å². The van der Waals surface area contributed by atoms with Crippen LogP contribution in [0.4, 0.5) is 8.78 Å². The summed E-state index contributed by atoms with van der Waals surface area (Å²) in [5, 5.41) is 0. The summed E-state index contributed by atoms with van der Waals surface area (Å²) in [5.74, 6) is -0.408. The van der Waals surface area contributed by atoms with Crippen LogP contribution in [0.1, 0.15) is 0 Å². The van der Waals surface area contributed by atoms with Crippen LogP contribution in [0.2, 0.25) is 0 Å². The van der Waals surface area contributed by atoms with E-state index in [0.717, 1.165) is 22.3 Å². The molecule has 3 aromatic rings. The molecule has 0 bridgehead atoms. The third kappa shape index (κ3) is 3.03. The summed E-state index contributed by atoms with van der Waals surface area (Å²) in [4.78, 5) is 4.12. The SMILES string of the molecule is COc1ccc(-c2c[se]cc2-c2ccc(OC)c(F)c2)cc1F. The van der Waals surface area contributed by atoms with Gasteiger partial charge in [0.1, 0.15) is 0 Å². The van der Waals surface area contributed by atoms with Crippen molar-refractivity contribution in [2.75, 3.05) is 14.2 Å². The summed E-state index contributed by atoms with van der Waals surface area (Å²) in [6, 6.07) is 9.71. The van der Waals surface area contributed by atoms with E-state index in [1.165, 1.54) is 26.4 Å². The van der Waals surface area contributed by atoms with Gasteiger partial charge >= 0.3 is 139 Å². The Kier molecular flexibility index (Phi) is 4.51. The summed E-state index contributed by atoms with van der Waals surface area (Å²) in [5.41, 5.74) is 3.34. The normalized spacial score (nSPS) is 10.6. The van der Waals surface area contributed by atoms with Gasteiger partial charge < -0.3 is 0 Å². The van der Waals surface area contributed by atoms with Gasteiger partial charge in [-0.15, -0.1) is 0 Å². The Morgan fingerprint density at radius 3 is 1.52 bits per heavy atom.